The number of halogens is 2. The molecule has 3 aromatic rings. The average Bonchev–Trinajstić information content (AvgIpc) is 3.22. The number of aromatic nitrogens is 1. The van der Waals surface area contributed by atoms with E-state index in [1.54, 1.807) is 24.5 Å². The number of hydrogen-bond donors (Lipinski definition) is 2. The van der Waals surface area contributed by atoms with Gasteiger partial charge in [-0.25, -0.2) is 4.39 Å². The van der Waals surface area contributed by atoms with Gasteiger partial charge in [0.25, 0.3) is 0 Å². The minimum Gasteiger partial charge on any atom is -0.351 e. The third-order valence-corrected chi connectivity index (χ3v) is 5.95. The maximum Gasteiger partial charge on any atom is 0.237 e. The van der Waals surface area contributed by atoms with Gasteiger partial charge in [-0.2, -0.15) is 0 Å². The van der Waals surface area contributed by atoms with E-state index in [0.717, 1.165) is 23.2 Å². The Morgan fingerprint density at radius 3 is 2.50 bits per heavy atom. The highest BCUT2D eigenvalue weighted by atomic mass is 35.5. The van der Waals surface area contributed by atoms with Crippen LogP contribution in [0.4, 0.5) is 4.39 Å². The van der Waals surface area contributed by atoms with Crippen molar-refractivity contribution in [2.45, 2.75) is 38.1 Å². The number of rotatable bonds is 8. The molecule has 0 spiro atoms. The predicted octanol–water partition coefficient (Wildman–Crippen LogP) is 3.92. The van der Waals surface area contributed by atoms with Crippen LogP contribution >= 0.6 is 11.6 Å². The first-order valence-electron chi connectivity index (χ1n) is 10.7. The van der Waals surface area contributed by atoms with E-state index in [4.69, 9.17) is 11.6 Å². The van der Waals surface area contributed by atoms with Crippen molar-refractivity contribution in [2.24, 2.45) is 0 Å². The van der Waals surface area contributed by atoms with Crippen molar-refractivity contribution < 1.29 is 9.18 Å². The fourth-order valence-corrected chi connectivity index (χ4v) is 4.12. The first-order chi connectivity index (χ1) is 15.6. The molecule has 0 aliphatic carbocycles. The maximum absolute atomic E-state index is 13.2. The van der Waals surface area contributed by atoms with Crippen LogP contribution in [0.5, 0.6) is 0 Å². The Bertz CT molecular complexity index is 1010. The van der Waals surface area contributed by atoms with Crippen molar-refractivity contribution in [3.63, 3.8) is 0 Å². The number of nitrogens with one attached hydrogen (secondary N) is 2. The molecular formula is C25H26ClFN4O. The number of carbonyl (C=O) groups is 1. The Labute approximate surface area is 192 Å². The summed E-state index contributed by atoms with van der Waals surface area (Å²) >= 11 is 6.02. The van der Waals surface area contributed by atoms with Crippen molar-refractivity contribution in [1.29, 1.82) is 0 Å². The molecule has 4 rings (SSSR count). The number of benzene rings is 2. The summed E-state index contributed by atoms with van der Waals surface area (Å²) < 4.78 is 13.2. The minimum atomic E-state index is -0.243. The summed E-state index contributed by atoms with van der Waals surface area (Å²) in [7, 11) is 0. The second-order valence-electron chi connectivity index (χ2n) is 8.09. The monoisotopic (exact) mass is 452 g/mol. The van der Waals surface area contributed by atoms with Crippen molar-refractivity contribution in [2.75, 3.05) is 6.54 Å². The molecule has 2 atom stereocenters. The number of amides is 1. The molecule has 0 unspecified atom stereocenters. The zero-order chi connectivity index (χ0) is 22.3. The SMILES string of the molecule is O=C(NCc1cccnc1)[C@@H]1C[C@H](NCc2ccc(F)cc2)CN1Cc1ccc(Cl)cc1. The van der Waals surface area contributed by atoms with Crippen LogP contribution in [0, 0.1) is 5.82 Å². The van der Waals surface area contributed by atoms with Gasteiger partial charge in [-0.15, -0.1) is 0 Å². The highest BCUT2D eigenvalue weighted by molar-refractivity contribution is 6.30. The number of nitrogens with zero attached hydrogens (tertiary/aromatic N) is 2. The zero-order valence-electron chi connectivity index (χ0n) is 17.7. The first-order valence-corrected chi connectivity index (χ1v) is 11.1. The lowest BCUT2D eigenvalue weighted by atomic mass is 10.1. The van der Waals surface area contributed by atoms with E-state index in [9.17, 15) is 9.18 Å². The Hall–Kier alpha value is -2.80. The molecule has 1 aromatic heterocycles. The van der Waals surface area contributed by atoms with Gasteiger partial charge in [0.2, 0.25) is 5.91 Å². The summed E-state index contributed by atoms with van der Waals surface area (Å²) in [6.45, 7) is 2.49. The van der Waals surface area contributed by atoms with Crippen molar-refractivity contribution in [3.05, 3.63) is 101 Å². The summed E-state index contributed by atoms with van der Waals surface area (Å²) in [5, 5.41) is 7.28. The van der Waals surface area contributed by atoms with E-state index < -0.39 is 0 Å². The average molecular weight is 453 g/mol. The van der Waals surface area contributed by atoms with Gasteiger partial charge in [-0.05, 0) is 53.4 Å². The van der Waals surface area contributed by atoms with Gasteiger partial charge in [0.05, 0.1) is 6.04 Å². The molecule has 0 bridgehead atoms. The van der Waals surface area contributed by atoms with Crippen LogP contribution in [0.1, 0.15) is 23.1 Å². The van der Waals surface area contributed by atoms with Crippen LogP contribution in [-0.4, -0.2) is 34.4 Å². The van der Waals surface area contributed by atoms with E-state index in [0.29, 0.717) is 31.1 Å². The van der Waals surface area contributed by atoms with E-state index in [1.165, 1.54) is 12.1 Å². The molecule has 1 amide bonds. The van der Waals surface area contributed by atoms with E-state index in [1.807, 2.05) is 36.4 Å². The van der Waals surface area contributed by atoms with Gasteiger partial charge in [0.15, 0.2) is 0 Å². The highest BCUT2D eigenvalue weighted by Crippen LogP contribution is 2.22. The van der Waals surface area contributed by atoms with Crippen molar-refractivity contribution in [1.82, 2.24) is 20.5 Å². The summed E-state index contributed by atoms with van der Waals surface area (Å²) in [5.41, 5.74) is 3.09. The molecular weight excluding hydrogens is 427 g/mol. The van der Waals surface area contributed by atoms with E-state index >= 15 is 0 Å². The first kappa shape index (κ1) is 22.4. The molecule has 5 nitrogen and oxygen atoms in total. The van der Waals surface area contributed by atoms with Gasteiger partial charge in [0, 0.05) is 49.6 Å². The van der Waals surface area contributed by atoms with Crippen LogP contribution in [0.3, 0.4) is 0 Å². The quantitative estimate of drug-likeness (QED) is 0.544. The molecule has 2 aromatic carbocycles. The number of likely N-dealkylation sites (tertiary alicyclic amines) is 1. The van der Waals surface area contributed by atoms with Crippen LogP contribution in [0.15, 0.2) is 73.1 Å². The van der Waals surface area contributed by atoms with Crippen LogP contribution in [0.25, 0.3) is 0 Å². The third kappa shape index (κ3) is 6.13. The van der Waals surface area contributed by atoms with Crippen LogP contribution in [0.2, 0.25) is 5.02 Å². The molecule has 166 valence electrons. The Balaban J connectivity index is 1.41. The predicted molar refractivity (Wildman–Crippen MR) is 123 cm³/mol. The van der Waals surface area contributed by atoms with Gasteiger partial charge in [0.1, 0.15) is 5.82 Å². The molecule has 1 saturated heterocycles. The maximum atomic E-state index is 13.2. The van der Waals surface area contributed by atoms with Crippen molar-refractivity contribution >= 4 is 17.5 Å². The number of carbonyl (C=O) groups excluding carboxylic acids is 1. The standard InChI is InChI=1S/C25H26ClFN4O/c26-21-7-3-19(4-8-21)16-31-17-23(29-14-18-5-9-22(27)10-6-18)12-24(31)25(32)30-15-20-2-1-11-28-13-20/h1-11,13,23-24,29H,12,14-17H2,(H,30,32)/t23-,24-/m0/s1. The second-order valence-corrected chi connectivity index (χ2v) is 8.53. The van der Waals surface area contributed by atoms with Crippen LogP contribution in [-0.2, 0) is 24.4 Å². The lowest BCUT2D eigenvalue weighted by Gasteiger charge is -2.23. The zero-order valence-corrected chi connectivity index (χ0v) is 18.4. The largest absolute Gasteiger partial charge is 0.351 e. The Kier molecular flexibility index (Phi) is 7.47. The summed E-state index contributed by atoms with van der Waals surface area (Å²) in [6, 6.07) is 17.9. The molecule has 7 heteroatoms. The second kappa shape index (κ2) is 10.7. The summed E-state index contributed by atoms with van der Waals surface area (Å²) in [5.74, 6) is -0.233. The minimum absolute atomic E-state index is 0.00824. The molecule has 1 fully saturated rings. The summed E-state index contributed by atoms with van der Waals surface area (Å²) in [6.07, 6.45) is 4.18. The fourth-order valence-electron chi connectivity index (χ4n) is 4.00. The summed E-state index contributed by atoms with van der Waals surface area (Å²) in [4.78, 5) is 19.4. The van der Waals surface area contributed by atoms with Gasteiger partial charge in [-0.3, -0.25) is 14.7 Å². The van der Waals surface area contributed by atoms with E-state index in [-0.39, 0.29) is 23.8 Å². The van der Waals surface area contributed by atoms with E-state index in [2.05, 4.69) is 20.5 Å². The number of hydrogen-bond acceptors (Lipinski definition) is 4. The smallest absolute Gasteiger partial charge is 0.237 e. The normalized spacial score (nSPS) is 18.6. The lowest BCUT2D eigenvalue weighted by molar-refractivity contribution is -0.125. The topological polar surface area (TPSA) is 57.3 Å². The third-order valence-electron chi connectivity index (χ3n) is 5.70. The van der Waals surface area contributed by atoms with Crippen molar-refractivity contribution in [3.8, 4) is 0 Å². The fraction of sp³-hybridized carbons (Fsp3) is 0.280. The number of pyridine rings is 1. The molecule has 2 N–H and O–H groups in total. The Morgan fingerprint density at radius 2 is 1.78 bits per heavy atom. The lowest BCUT2D eigenvalue weighted by Crippen LogP contribution is -2.42. The molecule has 0 radical (unpaired) electrons. The van der Waals surface area contributed by atoms with Crippen LogP contribution < -0.4 is 10.6 Å². The molecule has 32 heavy (non-hydrogen) atoms. The molecule has 0 saturated carbocycles. The highest BCUT2D eigenvalue weighted by Gasteiger charge is 2.36. The van der Waals surface area contributed by atoms with Gasteiger partial charge >= 0.3 is 0 Å². The molecule has 1 aliphatic heterocycles. The molecule has 1 aliphatic rings. The van der Waals surface area contributed by atoms with Gasteiger partial charge < -0.3 is 10.6 Å². The van der Waals surface area contributed by atoms with Gasteiger partial charge in [-0.1, -0.05) is 41.9 Å². The Morgan fingerprint density at radius 1 is 1.03 bits per heavy atom. The molecule has 2 heterocycles.